The van der Waals surface area contributed by atoms with Gasteiger partial charge in [0.05, 0.1) is 0 Å². The molecule has 0 spiro atoms. The lowest BCUT2D eigenvalue weighted by Crippen LogP contribution is -2.22. The van der Waals surface area contributed by atoms with E-state index in [9.17, 15) is 0 Å². The van der Waals surface area contributed by atoms with Crippen LogP contribution >= 0.6 is 0 Å². The fourth-order valence-corrected chi connectivity index (χ4v) is 3.41. The van der Waals surface area contributed by atoms with Gasteiger partial charge in [0, 0.05) is 0 Å². The molecule has 2 aliphatic carbocycles. The Hall–Kier alpha value is -0.520. The van der Waals surface area contributed by atoms with Gasteiger partial charge in [-0.25, -0.2) is 0 Å². The molecule has 0 nitrogen and oxygen atoms in total. The van der Waals surface area contributed by atoms with Gasteiger partial charge in [-0.1, -0.05) is 51.5 Å². The van der Waals surface area contributed by atoms with Crippen LogP contribution in [-0.4, -0.2) is 0 Å². The van der Waals surface area contributed by atoms with Crippen molar-refractivity contribution in [3.63, 3.8) is 0 Å². The Morgan fingerprint density at radius 1 is 1.27 bits per heavy atom. The molecule has 0 N–H and O–H groups in total. The van der Waals surface area contributed by atoms with Gasteiger partial charge in [0.2, 0.25) is 0 Å². The van der Waals surface area contributed by atoms with E-state index in [0.717, 1.165) is 11.8 Å². The van der Waals surface area contributed by atoms with Crippen LogP contribution in [0.2, 0.25) is 0 Å². The third-order valence-corrected chi connectivity index (χ3v) is 4.41. The van der Waals surface area contributed by atoms with Crippen LogP contribution in [0.4, 0.5) is 0 Å². The molecule has 0 aromatic heterocycles. The zero-order chi connectivity index (χ0) is 11.1. The van der Waals surface area contributed by atoms with E-state index < -0.39 is 0 Å². The van der Waals surface area contributed by atoms with Crippen molar-refractivity contribution in [2.24, 2.45) is 23.2 Å². The second kappa shape index (κ2) is 3.81. The van der Waals surface area contributed by atoms with Gasteiger partial charge in [0.15, 0.2) is 0 Å². The molecule has 2 aliphatic rings. The zero-order valence-corrected chi connectivity index (χ0v) is 10.6. The van der Waals surface area contributed by atoms with Gasteiger partial charge in [-0.05, 0) is 42.4 Å². The molecular weight excluding hydrogens is 180 g/mol. The summed E-state index contributed by atoms with van der Waals surface area (Å²) < 4.78 is 0. The molecule has 2 rings (SSSR count). The summed E-state index contributed by atoms with van der Waals surface area (Å²) in [5.41, 5.74) is 2.19. The second-order valence-corrected chi connectivity index (χ2v) is 6.18. The topological polar surface area (TPSA) is 0 Å². The number of hydrogen-bond donors (Lipinski definition) is 0. The molecule has 2 fully saturated rings. The quantitative estimate of drug-likeness (QED) is 0.617. The average Bonchev–Trinajstić information content (AvgIpc) is 2.66. The Labute approximate surface area is 94.5 Å². The smallest absolute Gasteiger partial charge is 0.0110 e. The Morgan fingerprint density at radius 3 is 2.53 bits per heavy atom. The van der Waals surface area contributed by atoms with Gasteiger partial charge >= 0.3 is 0 Å². The minimum Gasteiger partial charge on any atom is -0.0820 e. The van der Waals surface area contributed by atoms with Crippen molar-refractivity contribution in [3.8, 4) is 0 Å². The Kier molecular flexibility index (Phi) is 2.79. The fraction of sp³-hybridized carbons (Fsp3) is 0.733. The summed E-state index contributed by atoms with van der Waals surface area (Å²) in [7, 11) is 0. The minimum atomic E-state index is 0.476. The fourth-order valence-electron chi connectivity index (χ4n) is 3.41. The van der Waals surface area contributed by atoms with Crippen LogP contribution < -0.4 is 0 Å². The van der Waals surface area contributed by atoms with E-state index in [4.69, 9.17) is 0 Å². The van der Waals surface area contributed by atoms with E-state index in [0.29, 0.717) is 11.3 Å². The molecule has 0 heteroatoms. The molecule has 2 atom stereocenters. The van der Waals surface area contributed by atoms with Gasteiger partial charge < -0.3 is 0 Å². The van der Waals surface area contributed by atoms with Crippen molar-refractivity contribution in [2.45, 2.75) is 47.0 Å². The average molecular weight is 204 g/mol. The summed E-state index contributed by atoms with van der Waals surface area (Å²) in [6, 6.07) is 0. The molecule has 84 valence electrons. The Bertz CT molecular complexity index is 291. The van der Waals surface area contributed by atoms with Crippen molar-refractivity contribution in [3.05, 3.63) is 23.8 Å². The standard InChI is InChI=1S/C15H24/c1-11(2)6-5-7-14-12-8-9-13(10-12)15(14,3)4/h5-7,11-13H,8-10H2,1-4H3/b6-5+,14-7+. The number of rotatable bonds is 2. The van der Waals surface area contributed by atoms with Crippen LogP contribution in [0.5, 0.6) is 0 Å². The van der Waals surface area contributed by atoms with Gasteiger partial charge in [-0.3, -0.25) is 0 Å². The maximum atomic E-state index is 2.44. The highest BCUT2D eigenvalue weighted by Gasteiger charge is 2.48. The van der Waals surface area contributed by atoms with E-state index in [1.54, 1.807) is 5.57 Å². The molecular formula is C15H24. The van der Waals surface area contributed by atoms with Gasteiger partial charge in [-0.2, -0.15) is 0 Å². The predicted octanol–water partition coefficient (Wildman–Crippen LogP) is 4.58. The lowest BCUT2D eigenvalue weighted by Gasteiger charge is -2.32. The summed E-state index contributed by atoms with van der Waals surface area (Å²) in [4.78, 5) is 0. The zero-order valence-electron chi connectivity index (χ0n) is 10.6. The molecule has 15 heavy (non-hydrogen) atoms. The maximum absolute atomic E-state index is 2.44. The highest BCUT2D eigenvalue weighted by Crippen LogP contribution is 2.58. The molecule has 2 unspecified atom stereocenters. The summed E-state index contributed by atoms with van der Waals surface area (Å²) in [5.74, 6) is 2.53. The van der Waals surface area contributed by atoms with E-state index in [-0.39, 0.29) is 0 Å². The van der Waals surface area contributed by atoms with Crippen LogP contribution in [-0.2, 0) is 0 Å². The van der Waals surface area contributed by atoms with Crippen molar-refractivity contribution in [1.82, 2.24) is 0 Å². The molecule has 0 saturated heterocycles. The number of hydrogen-bond acceptors (Lipinski definition) is 0. The van der Waals surface area contributed by atoms with E-state index in [1.807, 2.05) is 0 Å². The van der Waals surface area contributed by atoms with Gasteiger partial charge in [0.25, 0.3) is 0 Å². The van der Waals surface area contributed by atoms with Crippen LogP contribution in [0.25, 0.3) is 0 Å². The molecule has 2 bridgehead atoms. The van der Waals surface area contributed by atoms with Crippen LogP contribution in [0, 0.1) is 23.2 Å². The van der Waals surface area contributed by atoms with Crippen LogP contribution in [0.15, 0.2) is 23.8 Å². The maximum Gasteiger partial charge on any atom is -0.0110 e. The number of allylic oxidation sites excluding steroid dienone is 4. The van der Waals surface area contributed by atoms with E-state index in [2.05, 4.69) is 45.9 Å². The minimum absolute atomic E-state index is 0.476. The van der Waals surface area contributed by atoms with Crippen molar-refractivity contribution in [1.29, 1.82) is 0 Å². The molecule has 0 aromatic carbocycles. The Morgan fingerprint density at radius 2 is 2.00 bits per heavy atom. The van der Waals surface area contributed by atoms with Crippen molar-refractivity contribution < 1.29 is 0 Å². The molecule has 0 aliphatic heterocycles. The number of fused-ring (bicyclic) bond motifs is 2. The summed E-state index contributed by atoms with van der Waals surface area (Å²) in [6.45, 7) is 9.35. The lowest BCUT2D eigenvalue weighted by molar-refractivity contribution is 0.288. The SMILES string of the molecule is CC(C)/C=C/C=C1\C2CCC(C2)C1(C)C. The first-order valence-corrected chi connectivity index (χ1v) is 6.40. The summed E-state index contributed by atoms with van der Waals surface area (Å²) in [5, 5.41) is 0. The first-order valence-electron chi connectivity index (χ1n) is 6.40. The molecule has 0 amide bonds. The molecule has 0 aromatic rings. The second-order valence-electron chi connectivity index (χ2n) is 6.18. The third kappa shape index (κ3) is 1.91. The van der Waals surface area contributed by atoms with Gasteiger partial charge in [-0.15, -0.1) is 0 Å². The first kappa shape index (κ1) is 11.0. The Balaban J connectivity index is 2.15. The molecule has 0 heterocycles. The van der Waals surface area contributed by atoms with Gasteiger partial charge in [0.1, 0.15) is 0 Å². The normalized spacial score (nSPS) is 36.2. The van der Waals surface area contributed by atoms with Crippen molar-refractivity contribution in [2.75, 3.05) is 0 Å². The summed E-state index contributed by atoms with van der Waals surface area (Å²) >= 11 is 0. The van der Waals surface area contributed by atoms with Crippen molar-refractivity contribution >= 4 is 0 Å². The summed E-state index contributed by atoms with van der Waals surface area (Å²) in [6.07, 6.45) is 11.3. The van der Waals surface area contributed by atoms with Crippen LogP contribution in [0.1, 0.15) is 47.0 Å². The lowest BCUT2D eigenvalue weighted by atomic mass is 9.72. The monoisotopic (exact) mass is 204 g/mol. The van der Waals surface area contributed by atoms with E-state index >= 15 is 0 Å². The molecule has 2 saturated carbocycles. The first-order chi connectivity index (χ1) is 7.01. The predicted molar refractivity (Wildman–Crippen MR) is 66.7 cm³/mol. The largest absolute Gasteiger partial charge is 0.0820 e. The van der Waals surface area contributed by atoms with Crippen LogP contribution in [0.3, 0.4) is 0 Å². The van der Waals surface area contributed by atoms with E-state index in [1.165, 1.54) is 19.3 Å². The highest BCUT2D eigenvalue weighted by molar-refractivity contribution is 5.29. The third-order valence-electron chi connectivity index (χ3n) is 4.41. The molecule has 0 radical (unpaired) electrons. The highest BCUT2D eigenvalue weighted by atomic mass is 14.5.